The van der Waals surface area contributed by atoms with E-state index in [0.717, 1.165) is 23.2 Å². The maximum absolute atomic E-state index is 12.8. The lowest BCUT2D eigenvalue weighted by molar-refractivity contribution is -0.135. The molecule has 4 nitrogen and oxygen atoms in total. The SMILES string of the molecule is CCc1cccc(C)c1NC(=O)C(C)(C)C(=O)Nc1ccccc1Cl. The van der Waals surface area contributed by atoms with Crippen molar-refractivity contribution >= 4 is 34.8 Å². The van der Waals surface area contributed by atoms with E-state index >= 15 is 0 Å². The molecule has 0 spiro atoms. The van der Waals surface area contributed by atoms with Crippen LogP contribution in [0.2, 0.25) is 5.02 Å². The maximum Gasteiger partial charge on any atom is 0.239 e. The van der Waals surface area contributed by atoms with E-state index < -0.39 is 11.3 Å². The minimum Gasteiger partial charge on any atom is -0.325 e. The van der Waals surface area contributed by atoms with Gasteiger partial charge in [0.15, 0.2) is 0 Å². The molecular weight excluding hydrogens is 336 g/mol. The lowest BCUT2D eigenvalue weighted by atomic mass is 9.90. The van der Waals surface area contributed by atoms with Crippen LogP contribution in [0.25, 0.3) is 0 Å². The van der Waals surface area contributed by atoms with Crippen LogP contribution in [-0.4, -0.2) is 11.8 Å². The molecule has 0 aliphatic carbocycles. The van der Waals surface area contributed by atoms with Gasteiger partial charge in [-0.2, -0.15) is 0 Å². The molecule has 2 aromatic carbocycles. The van der Waals surface area contributed by atoms with Gasteiger partial charge in [0.2, 0.25) is 11.8 Å². The zero-order valence-electron chi connectivity index (χ0n) is 14.9. The molecule has 0 aromatic heterocycles. The quantitative estimate of drug-likeness (QED) is 0.753. The minimum atomic E-state index is -1.26. The Balaban J connectivity index is 2.20. The Hall–Kier alpha value is -2.33. The van der Waals surface area contributed by atoms with Crippen molar-refractivity contribution in [2.75, 3.05) is 10.6 Å². The van der Waals surface area contributed by atoms with Gasteiger partial charge < -0.3 is 10.6 Å². The Morgan fingerprint density at radius 1 is 1.00 bits per heavy atom. The summed E-state index contributed by atoms with van der Waals surface area (Å²) in [6, 6.07) is 12.8. The van der Waals surface area contributed by atoms with Crippen LogP contribution in [0.3, 0.4) is 0 Å². The number of anilines is 2. The highest BCUT2D eigenvalue weighted by Gasteiger charge is 2.36. The van der Waals surface area contributed by atoms with Crippen molar-refractivity contribution < 1.29 is 9.59 Å². The molecule has 0 aliphatic heterocycles. The van der Waals surface area contributed by atoms with Crippen LogP contribution in [0.1, 0.15) is 31.9 Å². The van der Waals surface area contributed by atoms with Crippen molar-refractivity contribution in [3.8, 4) is 0 Å². The van der Waals surface area contributed by atoms with Gasteiger partial charge in [-0.05, 0) is 50.5 Å². The van der Waals surface area contributed by atoms with Crippen molar-refractivity contribution in [3.63, 3.8) is 0 Å². The number of halogens is 1. The lowest BCUT2D eigenvalue weighted by Crippen LogP contribution is -2.42. The van der Waals surface area contributed by atoms with Crippen molar-refractivity contribution in [3.05, 3.63) is 58.6 Å². The van der Waals surface area contributed by atoms with Crippen molar-refractivity contribution in [1.29, 1.82) is 0 Å². The molecule has 132 valence electrons. The summed E-state index contributed by atoms with van der Waals surface area (Å²) in [4.78, 5) is 25.4. The van der Waals surface area contributed by atoms with Crippen LogP contribution in [0.15, 0.2) is 42.5 Å². The first-order valence-corrected chi connectivity index (χ1v) is 8.61. The molecule has 0 bridgehead atoms. The molecule has 0 radical (unpaired) electrons. The predicted molar refractivity (Wildman–Crippen MR) is 103 cm³/mol. The number of hydrogen-bond donors (Lipinski definition) is 2. The molecule has 0 atom stereocenters. The molecular formula is C20H23ClN2O2. The highest BCUT2D eigenvalue weighted by atomic mass is 35.5. The highest BCUT2D eigenvalue weighted by Crippen LogP contribution is 2.27. The lowest BCUT2D eigenvalue weighted by Gasteiger charge is -2.24. The van der Waals surface area contributed by atoms with Gasteiger partial charge in [0.1, 0.15) is 5.41 Å². The smallest absolute Gasteiger partial charge is 0.239 e. The van der Waals surface area contributed by atoms with Gasteiger partial charge in [0.05, 0.1) is 10.7 Å². The summed E-state index contributed by atoms with van der Waals surface area (Å²) >= 11 is 6.07. The Morgan fingerprint density at radius 3 is 2.28 bits per heavy atom. The Kier molecular flexibility index (Phi) is 5.85. The third kappa shape index (κ3) is 4.20. The number of para-hydroxylation sites is 2. The fraction of sp³-hybridized carbons (Fsp3) is 0.300. The van der Waals surface area contributed by atoms with Crippen LogP contribution >= 0.6 is 11.6 Å². The molecule has 5 heteroatoms. The number of rotatable bonds is 5. The second-order valence-corrected chi connectivity index (χ2v) is 6.88. The average Bonchev–Trinajstić information content (AvgIpc) is 2.58. The number of amides is 2. The largest absolute Gasteiger partial charge is 0.325 e. The van der Waals surface area contributed by atoms with E-state index in [0.29, 0.717) is 10.7 Å². The van der Waals surface area contributed by atoms with Crippen molar-refractivity contribution in [1.82, 2.24) is 0 Å². The number of benzene rings is 2. The fourth-order valence-electron chi connectivity index (χ4n) is 2.42. The normalized spacial score (nSPS) is 11.1. The Morgan fingerprint density at radius 2 is 1.64 bits per heavy atom. The van der Waals surface area contributed by atoms with Gasteiger partial charge in [-0.15, -0.1) is 0 Å². The maximum atomic E-state index is 12.8. The second-order valence-electron chi connectivity index (χ2n) is 6.48. The van der Waals surface area contributed by atoms with Gasteiger partial charge in [0.25, 0.3) is 0 Å². The molecule has 2 aromatic rings. The number of hydrogen-bond acceptors (Lipinski definition) is 2. The van der Waals surface area contributed by atoms with Crippen LogP contribution in [0.5, 0.6) is 0 Å². The summed E-state index contributed by atoms with van der Waals surface area (Å²) in [5.41, 5.74) is 2.01. The molecule has 2 amide bonds. The molecule has 0 saturated carbocycles. The zero-order valence-corrected chi connectivity index (χ0v) is 15.7. The van der Waals surface area contributed by atoms with E-state index in [9.17, 15) is 9.59 Å². The van der Waals surface area contributed by atoms with Gasteiger partial charge in [-0.3, -0.25) is 9.59 Å². The van der Waals surface area contributed by atoms with E-state index in [1.807, 2.05) is 32.0 Å². The number of carbonyl (C=O) groups excluding carboxylic acids is 2. The van der Waals surface area contributed by atoms with E-state index in [1.165, 1.54) is 0 Å². The van der Waals surface area contributed by atoms with Gasteiger partial charge in [0, 0.05) is 5.69 Å². The van der Waals surface area contributed by atoms with Crippen LogP contribution in [-0.2, 0) is 16.0 Å². The Labute approximate surface area is 153 Å². The monoisotopic (exact) mass is 358 g/mol. The molecule has 2 rings (SSSR count). The van der Waals surface area contributed by atoms with Crippen molar-refractivity contribution in [2.24, 2.45) is 5.41 Å². The summed E-state index contributed by atoms with van der Waals surface area (Å²) in [6.45, 7) is 7.15. The molecule has 0 aliphatic rings. The predicted octanol–water partition coefficient (Wildman–Crippen LogP) is 4.81. The van der Waals surface area contributed by atoms with E-state index in [-0.39, 0.29) is 5.91 Å². The first kappa shape index (κ1) is 19.0. The van der Waals surface area contributed by atoms with Crippen molar-refractivity contribution in [2.45, 2.75) is 34.1 Å². The summed E-state index contributed by atoms with van der Waals surface area (Å²) in [5.74, 6) is -0.772. The molecule has 0 fully saturated rings. The molecule has 0 heterocycles. The Bertz CT molecular complexity index is 800. The first-order valence-electron chi connectivity index (χ1n) is 8.23. The minimum absolute atomic E-state index is 0.360. The number of carbonyl (C=O) groups is 2. The average molecular weight is 359 g/mol. The summed E-state index contributed by atoms with van der Waals surface area (Å²) in [7, 11) is 0. The fourth-order valence-corrected chi connectivity index (χ4v) is 2.60. The summed E-state index contributed by atoms with van der Waals surface area (Å²) in [6.07, 6.45) is 0.795. The van der Waals surface area contributed by atoms with E-state index in [2.05, 4.69) is 10.6 Å². The standard InChI is InChI=1S/C20H23ClN2O2/c1-5-14-10-8-9-13(2)17(14)23-19(25)20(3,4)18(24)22-16-12-7-6-11-15(16)21/h6-12H,5H2,1-4H3,(H,22,24)(H,23,25). The van der Waals surface area contributed by atoms with Gasteiger partial charge in [-0.1, -0.05) is 48.9 Å². The third-order valence-corrected chi connectivity index (χ3v) is 4.57. The summed E-state index contributed by atoms with van der Waals surface area (Å²) in [5, 5.41) is 6.08. The first-order chi connectivity index (χ1) is 11.8. The van der Waals surface area contributed by atoms with Crippen LogP contribution in [0, 0.1) is 12.3 Å². The van der Waals surface area contributed by atoms with Crippen LogP contribution in [0.4, 0.5) is 11.4 Å². The number of nitrogens with one attached hydrogen (secondary N) is 2. The van der Waals surface area contributed by atoms with E-state index in [1.54, 1.807) is 38.1 Å². The topological polar surface area (TPSA) is 58.2 Å². The zero-order chi connectivity index (χ0) is 18.6. The summed E-state index contributed by atoms with van der Waals surface area (Å²) < 4.78 is 0. The molecule has 2 N–H and O–H groups in total. The molecule has 0 saturated heterocycles. The van der Waals surface area contributed by atoms with E-state index in [4.69, 9.17) is 11.6 Å². The molecule has 0 unspecified atom stereocenters. The molecule has 25 heavy (non-hydrogen) atoms. The third-order valence-electron chi connectivity index (χ3n) is 4.24. The van der Waals surface area contributed by atoms with Crippen LogP contribution < -0.4 is 10.6 Å². The van der Waals surface area contributed by atoms with Gasteiger partial charge >= 0.3 is 0 Å². The second kappa shape index (κ2) is 7.70. The number of aryl methyl sites for hydroxylation is 2. The van der Waals surface area contributed by atoms with Gasteiger partial charge in [-0.25, -0.2) is 0 Å². The highest BCUT2D eigenvalue weighted by molar-refractivity contribution is 6.34.